The molecule has 0 radical (unpaired) electrons. The highest BCUT2D eigenvalue weighted by Gasteiger charge is 2.27. The number of halogens is 1. The molecule has 2 atom stereocenters. The Kier molecular flexibility index (Phi) is 4.37. The van der Waals surface area contributed by atoms with Gasteiger partial charge in [0.2, 0.25) is 0 Å². The summed E-state index contributed by atoms with van der Waals surface area (Å²) in [6.45, 7) is 2.71. The summed E-state index contributed by atoms with van der Waals surface area (Å²) in [5, 5.41) is 18.1. The first-order valence-corrected chi connectivity index (χ1v) is 7.83. The molecule has 1 aliphatic rings. The Morgan fingerprint density at radius 3 is 3.09 bits per heavy atom. The van der Waals surface area contributed by atoms with Crippen LogP contribution in [0.25, 0.3) is 0 Å². The van der Waals surface area contributed by atoms with E-state index in [0.29, 0.717) is 18.9 Å². The summed E-state index contributed by atoms with van der Waals surface area (Å²) in [5.41, 5.74) is 0.510. The van der Waals surface area contributed by atoms with E-state index < -0.39 is 5.60 Å². The first kappa shape index (κ1) is 16.0. The third-order valence-corrected chi connectivity index (χ3v) is 4.26. The summed E-state index contributed by atoms with van der Waals surface area (Å²) in [5.74, 6) is 0.433. The van der Waals surface area contributed by atoms with Crippen molar-refractivity contribution >= 4 is 0 Å². The molecule has 6 heteroatoms. The lowest BCUT2D eigenvalue weighted by molar-refractivity contribution is 0.0533. The van der Waals surface area contributed by atoms with Gasteiger partial charge in [-0.05, 0) is 38.0 Å². The van der Waals surface area contributed by atoms with Crippen LogP contribution in [0.1, 0.15) is 36.9 Å². The van der Waals surface area contributed by atoms with Crippen LogP contribution in [0.3, 0.4) is 0 Å². The van der Waals surface area contributed by atoms with Gasteiger partial charge in [-0.3, -0.25) is 4.68 Å². The molecule has 0 fully saturated rings. The van der Waals surface area contributed by atoms with Crippen LogP contribution in [0.4, 0.5) is 4.39 Å². The van der Waals surface area contributed by atoms with Gasteiger partial charge < -0.3 is 15.2 Å². The number of benzene rings is 1. The number of nitrogens with zero attached hydrogens (tertiary/aromatic N) is 2. The molecule has 2 heterocycles. The minimum Gasteiger partial charge on any atom is -0.493 e. The van der Waals surface area contributed by atoms with Gasteiger partial charge in [0.25, 0.3) is 0 Å². The summed E-state index contributed by atoms with van der Waals surface area (Å²) >= 11 is 0. The van der Waals surface area contributed by atoms with Crippen LogP contribution in [0.15, 0.2) is 30.6 Å². The van der Waals surface area contributed by atoms with Crippen molar-refractivity contribution in [1.82, 2.24) is 15.1 Å². The van der Waals surface area contributed by atoms with Crippen LogP contribution >= 0.6 is 0 Å². The first-order chi connectivity index (χ1) is 11.0. The zero-order chi connectivity index (χ0) is 16.4. The Labute approximate surface area is 135 Å². The number of nitrogens with one attached hydrogen (secondary N) is 1. The number of rotatable bonds is 4. The van der Waals surface area contributed by atoms with Crippen LogP contribution in [-0.4, -0.2) is 28.0 Å². The molecule has 0 saturated heterocycles. The highest BCUT2D eigenvalue weighted by molar-refractivity contribution is 5.37. The van der Waals surface area contributed by atoms with E-state index in [0.717, 1.165) is 24.0 Å². The Balaban J connectivity index is 1.76. The minimum atomic E-state index is -1.05. The van der Waals surface area contributed by atoms with Gasteiger partial charge in [-0.25, -0.2) is 4.39 Å². The summed E-state index contributed by atoms with van der Waals surface area (Å²) < 4.78 is 20.9. The number of aryl methyl sites for hydroxylation is 1. The molecule has 1 aromatic carbocycles. The van der Waals surface area contributed by atoms with Gasteiger partial charge >= 0.3 is 0 Å². The van der Waals surface area contributed by atoms with Gasteiger partial charge in [0.05, 0.1) is 12.8 Å². The molecule has 0 saturated carbocycles. The van der Waals surface area contributed by atoms with E-state index in [1.165, 1.54) is 12.1 Å². The summed E-state index contributed by atoms with van der Waals surface area (Å²) in [6, 6.07) is 4.54. The second-order valence-corrected chi connectivity index (χ2v) is 6.28. The fourth-order valence-corrected chi connectivity index (χ4v) is 2.88. The van der Waals surface area contributed by atoms with Crippen molar-refractivity contribution < 1.29 is 14.2 Å². The lowest BCUT2D eigenvalue weighted by Crippen LogP contribution is -2.37. The SMILES string of the molecule is Cn1cc(C(C)(O)CNC2CCCOc3ccc(F)cc32)cn1. The quantitative estimate of drug-likeness (QED) is 0.908. The predicted octanol–water partition coefficient (Wildman–Crippen LogP) is 2.27. The molecule has 0 bridgehead atoms. The second-order valence-electron chi connectivity index (χ2n) is 6.28. The largest absolute Gasteiger partial charge is 0.493 e. The molecule has 2 N–H and O–H groups in total. The van der Waals surface area contributed by atoms with E-state index in [1.807, 2.05) is 7.05 Å². The Hall–Kier alpha value is -1.92. The monoisotopic (exact) mass is 319 g/mol. The summed E-state index contributed by atoms with van der Waals surface area (Å²) in [7, 11) is 1.81. The number of aromatic nitrogens is 2. The molecule has 23 heavy (non-hydrogen) atoms. The number of hydrogen-bond acceptors (Lipinski definition) is 4. The highest BCUT2D eigenvalue weighted by atomic mass is 19.1. The lowest BCUT2D eigenvalue weighted by Gasteiger charge is -2.26. The second kappa shape index (κ2) is 6.29. The normalized spacial score (nSPS) is 20.3. The van der Waals surface area contributed by atoms with Gasteiger partial charge in [-0.15, -0.1) is 0 Å². The number of hydrogen-bond donors (Lipinski definition) is 2. The van der Waals surface area contributed by atoms with Crippen molar-refractivity contribution in [1.29, 1.82) is 0 Å². The van der Waals surface area contributed by atoms with Crippen LogP contribution in [0.2, 0.25) is 0 Å². The van der Waals surface area contributed by atoms with Crippen molar-refractivity contribution in [3.05, 3.63) is 47.5 Å². The zero-order valence-electron chi connectivity index (χ0n) is 13.4. The van der Waals surface area contributed by atoms with Crippen LogP contribution in [0, 0.1) is 5.82 Å². The third-order valence-electron chi connectivity index (χ3n) is 4.26. The number of aliphatic hydroxyl groups is 1. The molecule has 2 unspecified atom stereocenters. The molecule has 0 spiro atoms. The van der Waals surface area contributed by atoms with Gasteiger partial charge in [-0.2, -0.15) is 5.10 Å². The molecule has 3 rings (SSSR count). The molecule has 1 aliphatic heterocycles. The molecule has 0 amide bonds. The maximum absolute atomic E-state index is 13.6. The topological polar surface area (TPSA) is 59.3 Å². The molecule has 0 aliphatic carbocycles. The van der Waals surface area contributed by atoms with E-state index >= 15 is 0 Å². The first-order valence-electron chi connectivity index (χ1n) is 7.83. The van der Waals surface area contributed by atoms with Crippen LogP contribution in [-0.2, 0) is 12.6 Å². The van der Waals surface area contributed by atoms with Crippen molar-refractivity contribution in [2.24, 2.45) is 7.05 Å². The van der Waals surface area contributed by atoms with E-state index in [1.54, 1.807) is 30.1 Å². The van der Waals surface area contributed by atoms with Crippen molar-refractivity contribution in [2.75, 3.05) is 13.2 Å². The fraction of sp³-hybridized carbons (Fsp3) is 0.471. The van der Waals surface area contributed by atoms with Crippen molar-refractivity contribution in [3.63, 3.8) is 0 Å². The van der Waals surface area contributed by atoms with Gasteiger partial charge in [0.15, 0.2) is 0 Å². The van der Waals surface area contributed by atoms with E-state index in [-0.39, 0.29) is 11.9 Å². The van der Waals surface area contributed by atoms with E-state index in [2.05, 4.69) is 10.4 Å². The number of ether oxygens (including phenoxy) is 1. The smallest absolute Gasteiger partial charge is 0.124 e. The van der Waals surface area contributed by atoms with Gasteiger partial charge in [-0.1, -0.05) is 0 Å². The number of fused-ring (bicyclic) bond motifs is 1. The average Bonchev–Trinajstić information content (AvgIpc) is 2.85. The molecule has 1 aromatic heterocycles. The third kappa shape index (κ3) is 3.54. The maximum atomic E-state index is 13.6. The fourth-order valence-electron chi connectivity index (χ4n) is 2.88. The molecule has 5 nitrogen and oxygen atoms in total. The zero-order valence-corrected chi connectivity index (χ0v) is 13.4. The summed E-state index contributed by atoms with van der Waals surface area (Å²) in [4.78, 5) is 0. The molecule has 124 valence electrons. The highest BCUT2D eigenvalue weighted by Crippen LogP contribution is 2.32. The average molecular weight is 319 g/mol. The van der Waals surface area contributed by atoms with Crippen LogP contribution in [0.5, 0.6) is 5.75 Å². The minimum absolute atomic E-state index is 0.0497. The maximum Gasteiger partial charge on any atom is 0.124 e. The Bertz CT molecular complexity index is 684. The Morgan fingerprint density at radius 1 is 1.52 bits per heavy atom. The van der Waals surface area contributed by atoms with E-state index in [9.17, 15) is 9.50 Å². The van der Waals surface area contributed by atoms with E-state index in [4.69, 9.17) is 4.74 Å². The standard InChI is InChI=1S/C17H22FN3O2/c1-17(22,12-9-20-21(2)10-12)11-19-15-4-3-7-23-16-6-5-13(18)8-14(15)16/h5-6,8-10,15,19,22H,3-4,7,11H2,1-2H3. The Morgan fingerprint density at radius 2 is 2.35 bits per heavy atom. The molecule has 2 aromatic rings. The van der Waals surface area contributed by atoms with Crippen molar-refractivity contribution in [2.45, 2.75) is 31.4 Å². The molecular weight excluding hydrogens is 297 g/mol. The summed E-state index contributed by atoms with van der Waals surface area (Å²) in [6.07, 6.45) is 5.17. The van der Waals surface area contributed by atoms with Crippen LogP contribution < -0.4 is 10.1 Å². The lowest BCUT2D eigenvalue weighted by atomic mass is 9.97. The van der Waals surface area contributed by atoms with Crippen molar-refractivity contribution in [3.8, 4) is 5.75 Å². The molecular formula is C17H22FN3O2. The van der Waals surface area contributed by atoms with Gasteiger partial charge in [0, 0.05) is 37.0 Å². The van der Waals surface area contributed by atoms with Gasteiger partial charge in [0.1, 0.15) is 17.2 Å². The predicted molar refractivity (Wildman–Crippen MR) is 84.7 cm³/mol.